The minimum absolute atomic E-state index is 0.0324. The fourth-order valence-electron chi connectivity index (χ4n) is 3.28. The number of carbonyl (C=O) groups is 2. The van der Waals surface area contributed by atoms with E-state index >= 15 is 0 Å². The van der Waals surface area contributed by atoms with Gasteiger partial charge in [0.1, 0.15) is 5.75 Å². The molecule has 140 valence electrons. The van der Waals surface area contributed by atoms with Gasteiger partial charge in [0.2, 0.25) is 5.78 Å². The van der Waals surface area contributed by atoms with Crippen LogP contribution in [0.5, 0.6) is 5.75 Å². The van der Waals surface area contributed by atoms with Gasteiger partial charge < -0.3 is 14.0 Å². The highest BCUT2D eigenvalue weighted by Gasteiger charge is 2.17. The molecular formula is C22H23NO4. The van der Waals surface area contributed by atoms with Gasteiger partial charge in [-0.3, -0.25) is 9.59 Å². The zero-order chi connectivity index (χ0) is 19.4. The summed E-state index contributed by atoms with van der Waals surface area (Å²) in [6.45, 7) is 4.26. The molecule has 0 aliphatic rings. The summed E-state index contributed by atoms with van der Waals surface area (Å²) < 4.78 is 12.5. The van der Waals surface area contributed by atoms with Crippen LogP contribution in [0.15, 0.2) is 48.5 Å². The number of hydrogen-bond donors (Lipinski definition) is 0. The molecule has 2 aromatic carbocycles. The van der Waals surface area contributed by atoms with Gasteiger partial charge in [-0.15, -0.1) is 0 Å². The zero-order valence-corrected chi connectivity index (χ0v) is 15.8. The van der Waals surface area contributed by atoms with Gasteiger partial charge in [-0.1, -0.05) is 36.4 Å². The Morgan fingerprint density at radius 1 is 1.04 bits per heavy atom. The van der Waals surface area contributed by atoms with E-state index in [0.29, 0.717) is 17.9 Å². The van der Waals surface area contributed by atoms with Gasteiger partial charge in [0.05, 0.1) is 13.5 Å². The highest BCUT2D eigenvalue weighted by molar-refractivity contribution is 5.99. The van der Waals surface area contributed by atoms with Crippen molar-refractivity contribution in [3.05, 3.63) is 65.5 Å². The molecule has 3 rings (SSSR count). The first-order valence-corrected chi connectivity index (χ1v) is 8.88. The third-order valence-electron chi connectivity index (χ3n) is 4.75. The molecule has 27 heavy (non-hydrogen) atoms. The highest BCUT2D eigenvalue weighted by Crippen LogP contribution is 2.25. The number of aryl methyl sites for hydroxylation is 1. The van der Waals surface area contributed by atoms with Crippen molar-refractivity contribution in [2.75, 3.05) is 13.7 Å². The fraction of sp³-hybridized carbons (Fsp3) is 0.273. The number of benzene rings is 2. The molecule has 0 amide bonds. The lowest BCUT2D eigenvalue weighted by molar-refractivity contribution is -0.140. The summed E-state index contributed by atoms with van der Waals surface area (Å²) in [7, 11) is 1.37. The Balaban J connectivity index is 1.74. The lowest BCUT2D eigenvalue weighted by atomic mass is 10.1. The van der Waals surface area contributed by atoms with Crippen LogP contribution in [0.25, 0.3) is 10.8 Å². The summed E-state index contributed by atoms with van der Waals surface area (Å²) in [6.07, 6.45) is 0.271. The maximum atomic E-state index is 12.7. The predicted molar refractivity (Wildman–Crippen MR) is 104 cm³/mol. The van der Waals surface area contributed by atoms with E-state index in [1.165, 1.54) is 7.11 Å². The van der Waals surface area contributed by atoms with Crippen molar-refractivity contribution in [3.63, 3.8) is 0 Å². The Kier molecular flexibility index (Phi) is 5.60. The zero-order valence-electron chi connectivity index (χ0n) is 15.8. The molecule has 0 N–H and O–H groups in total. The smallest absolute Gasteiger partial charge is 0.307 e. The van der Waals surface area contributed by atoms with Gasteiger partial charge in [0, 0.05) is 28.9 Å². The molecule has 0 atom stereocenters. The molecule has 0 saturated heterocycles. The standard InChI is InChI=1S/C22H23NO4/c1-15-13-19(16(2)23(15)12-11-22(25)26-3)20(24)14-27-21-10-6-8-17-7-4-5-9-18(17)21/h4-10,13H,11-12,14H2,1-3H3. The van der Waals surface area contributed by atoms with Crippen LogP contribution in [-0.2, 0) is 16.1 Å². The normalized spacial score (nSPS) is 10.8. The average Bonchev–Trinajstić information content (AvgIpc) is 2.97. The number of hydrogen-bond acceptors (Lipinski definition) is 4. The van der Waals surface area contributed by atoms with Crippen molar-refractivity contribution < 1.29 is 19.1 Å². The number of Topliss-reactive ketones (excluding diaryl/α,β-unsaturated/α-hetero) is 1. The van der Waals surface area contributed by atoms with Gasteiger partial charge in [-0.05, 0) is 31.4 Å². The van der Waals surface area contributed by atoms with E-state index in [0.717, 1.165) is 22.2 Å². The van der Waals surface area contributed by atoms with Crippen molar-refractivity contribution in [1.82, 2.24) is 4.57 Å². The topological polar surface area (TPSA) is 57.5 Å². The van der Waals surface area contributed by atoms with Crippen LogP contribution in [0.3, 0.4) is 0 Å². The van der Waals surface area contributed by atoms with E-state index in [9.17, 15) is 9.59 Å². The van der Waals surface area contributed by atoms with Gasteiger partial charge in [-0.2, -0.15) is 0 Å². The monoisotopic (exact) mass is 365 g/mol. The number of ketones is 1. The van der Waals surface area contributed by atoms with Crippen LogP contribution in [0.1, 0.15) is 28.2 Å². The number of fused-ring (bicyclic) bond motifs is 1. The first-order valence-electron chi connectivity index (χ1n) is 8.88. The quantitative estimate of drug-likeness (QED) is 0.468. The summed E-state index contributed by atoms with van der Waals surface area (Å²) in [6, 6.07) is 15.6. The summed E-state index contributed by atoms with van der Waals surface area (Å²) in [5, 5.41) is 2.06. The van der Waals surface area contributed by atoms with E-state index < -0.39 is 0 Å². The molecule has 0 bridgehead atoms. The minimum Gasteiger partial charge on any atom is -0.485 e. The first-order chi connectivity index (χ1) is 13.0. The molecule has 5 heteroatoms. The highest BCUT2D eigenvalue weighted by atomic mass is 16.5. The molecule has 1 heterocycles. The Morgan fingerprint density at radius 2 is 1.78 bits per heavy atom. The Bertz CT molecular complexity index is 982. The van der Waals surface area contributed by atoms with Gasteiger partial charge >= 0.3 is 5.97 Å². The fourth-order valence-corrected chi connectivity index (χ4v) is 3.28. The third-order valence-corrected chi connectivity index (χ3v) is 4.75. The SMILES string of the molecule is COC(=O)CCn1c(C)cc(C(=O)COc2cccc3ccccc23)c1C. The summed E-state index contributed by atoms with van der Waals surface area (Å²) in [4.78, 5) is 24.1. The molecule has 0 radical (unpaired) electrons. The second kappa shape index (κ2) is 8.08. The molecule has 0 unspecified atom stereocenters. The first kappa shape index (κ1) is 18.7. The number of esters is 1. The maximum absolute atomic E-state index is 12.7. The van der Waals surface area contributed by atoms with E-state index in [1.807, 2.05) is 66.9 Å². The Labute approximate surface area is 158 Å². The van der Waals surface area contributed by atoms with Crippen LogP contribution in [0.2, 0.25) is 0 Å². The van der Waals surface area contributed by atoms with Crippen LogP contribution in [-0.4, -0.2) is 30.0 Å². The molecule has 5 nitrogen and oxygen atoms in total. The number of aromatic nitrogens is 1. The predicted octanol–water partition coefficient (Wildman–Crippen LogP) is 4.08. The van der Waals surface area contributed by atoms with Crippen molar-refractivity contribution in [2.24, 2.45) is 0 Å². The van der Waals surface area contributed by atoms with E-state index in [2.05, 4.69) is 4.74 Å². The van der Waals surface area contributed by atoms with E-state index in [-0.39, 0.29) is 24.8 Å². The van der Waals surface area contributed by atoms with E-state index in [1.54, 1.807) is 0 Å². The number of nitrogens with zero attached hydrogens (tertiary/aromatic N) is 1. The van der Waals surface area contributed by atoms with Crippen molar-refractivity contribution in [2.45, 2.75) is 26.8 Å². The lowest BCUT2D eigenvalue weighted by Gasteiger charge is -2.10. The number of ether oxygens (including phenoxy) is 2. The van der Waals surface area contributed by atoms with Crippen molar-refractivity contribution in [1.29, 1.82) is 0 Å². The van der Waals surface area contributed by atoms with Gasteiger partial charge in [0.15, 0.2) is 6.61 Å². The van der Waals surface area contributed by atoms with Gasteiger partial charge in [-0.25, -0.2) is 0 Å². The maximum Gasteiger partial charge on any atom is 0.307 e. The molecule has 0 fully saturated rings. The van der Waals surface area contributed by atoms with Crippen LogP contribution in [0.4, 0.5) is 0 Å². The number of methoxy groups -OCH3 is 1. The number of rotatable bonds is 7. The summed E-state index contributed by atoms with van der Waals surface area (Å²) in [5.41, 5.74) is 2.39. The van der Waals surface area contributed by atoms with Gasteiger partial charge in [0.25, 0.3) is 0 Å². The summed E-state index contributed by atoms with van der Waals surface area (Å²) in [5.74, 6) is 0.343. The second-order valence-corrected chi connectivity index (χ2v) is 6.45. The molecule has 0 aliphatic heterocycles. The van der Waals surface area contributed by atoms with Crippen LogP contribution < -0.4 is 4.74 Å². The largest absolute Gasteiger partial charge is 0.485 e. The average molecular weight is 365 g/mol. The van der Waals surface area contributed by atoms with Crippen molar-refractivity contribution >= 4 is 22.5 Å². The molecular weight excluding hydrogens is 342 g/mol. The third kappa shape index (κ3) is 4.03. The molecule has 1 aromatic heterocycles. The summed E-state index contributed by atoms with van der Waals surface area (Å²) >= 11 is 0. The lowest BCUT2D eigenvalue weighted by Crippen LogP contribution is -2.14. The van der Waals surface area contributed by atoms with Crippen molar-refractivity contribution in [3.8, 4) is 5.75 Å². The molecule has 0 spiro atoms. The Morgan fingerprint density at radius 3 is 2.56 bits per heavy atom. The number of carbonyl (C=O) groups excluding carboxylic acids is 2. The Hall–Kier alpha value is -3.08. The van der Waals surface area contributed by atoms with Crippen LogP contribution >= 0.6 is 0 Å². The second-order valence-electron chi connectivity index (χ2n) is 6.45. The molecule has 0 aliphatic carbocycles. The molecule has 0 saturated carbocycles. The molecule has 3 aromatic rings. The minimum atomic E-state index is -0.269. The van der Waals surface area contributed by atoms with E-state index in [4.69, 9.17) is 4.74 Å². The van der Waals surface area contributed by atoms with Crippen LogP contribution in [0, 0.1) is 13.8 Å².